The molecule has 1 aromatic heterocycles. The number of nitrogens with zero attached hydrogens (tertiary/aromatic N) is 3. The van der Waals surface area contributed by atoms with Crippen LogP contribution in [0.25, 0.3) is 0 Å². The van der Waals surface area contributed by atoms with Gasteiger partial charge in [0.15, 0.2) is 0 Å². The van der Waals surface area contributed by atoms with Gasteiger partial charge in [-0.3, -0.25) is 20.2 Å². The maximum absolute atomic E-state index is 11.9. The van der Waals surface area contributed by atoms with Gasteiger partial charge in [0.2, 0.25) is 5.95 Å². The molecule has 9 nitrogen and oxygen atoms in total. The van der Waals surface area contributed by atoms with Crippen LogP contribution in [0.2, 0.25) is 0 Å². The number of non-ortho nitro benzene ring substituents is 1. The lowest BCUT2D eigenvalue weighted by atomic mass is 10.2. The van der Waals surface area contributed by atoms with E-state index in [0.29, 0.717) is 6.61 Å². The first kappa shape index (κ1) is 13.5. The smallest absolute Gasteiger partial charge is 0.337 e. The van der Waals surface area contributed by atoms with Gasteiger partial charge in [-0.1, -0.05) is 0 Å². The molecule has 0 fully saturated rings. The van der Waals surface area contributed by atoms with E-state index in [2.05, 4.69) is 20.5 Å². The van der Waals surface area contributed by atoms with Crippen LogP contribution < -0.4 is 10.1 Å². The highest BCUT2D eigenvalue weighted by Gasteiger charge is 2.12. The number of rotatable bonds is 5. The predicted octanol–water partition coefficient (Wildman–Crippen LogP) is 1.36. The summed E-state index contributed by atoms with van der Waals surface area (Å²) in [6, 6.07) is 5.34. The molecule has 1 aromatic carbocycles. The number of carbonyl (C=O) groups excluding carboxylic acids is 1. The molecule has 2 rings (SSSR count). The second-order valence-electron chi connectivity index (χ2n) is 3.66. The van der Waals surface area contributed by atoms with Crippen molar-refractivity contribution in [3.63, 3.8) is 0 Å². The number of benzene rings is 1. The first-order valence-corrected chi connectivity index (χ1v) is 5.71. The number of hydrogen-bond donors (Lipinski definition) is 2. The van der Waals surface area contributed by atoms with Gasteiger partial charge in [0.05, 0.1) is 11.5 Å². The highest BCUT2D eigenvalue weighted by Crippen LogP contribution is 2.13. The SMILES string of the molecule is CCOc1n[nH]c(NC(=O)c2ccc([N+](=O)[O-])cc2)n1. The molecule has 2 N–H and O–H groups in total. The van der Waals surface area contributed by atoms with Crippen molar-refractivity contribution in [3.05, 3.63) is 39.9 Å². The van der Waals surface area contributed by atoms with E-state index >= 15 is 0 Å². The third kappa shape index (κ3) is 3.07. The summed E-state index contributed by atoms with van der Waals surface area (Å²) in [5.74, 6) is -0.323. The zero-order chi connectivity index (χ0) is 14.5. The van der Waals surface area contributed by atoms with Gasteiger partial charge in [-0.2, -0.15) is 4.98 Å². The molecule has 0 atom stereocenters. The van der Waals surface area contributed by atoms with Gasteiger partial charge >= 0.3 is 6.01 Å². The number of nitro benzene ring substituents is 1. The van der Waals surface area contributed by atoms with Crippen molar-refractivity contribution >= 4 is 17.5 Å². The van der Waals surface area contributed by atoms with Crippen molar-refractivity contribution in [1.82, 2.24) is 15.2 Å². The van der Waals surface area contributed by atoms with Gasteiger partial charge in [-0.25, -0.2) is 5.10 Å². The third-order valence-corrected chi connectivity index (χ3v) is 2.31. The fraction of sp³-hybridized carbons (Fsp3) is 0.182. The van der Waals surface area contributed by atoms with Crippen LogP contribution in [0, 0.1) is 10.1 Å². The molecule has 9 heteroatoms. The number of aromatic amines is 1. The van der Waals surface area contributed by atoms with E-state index in [1.165, 1.54) is 24.3 Å². The Bertz CT molecular complexity index is 622. The summed E-state index contributed by atoms with van der Waals surface area (Å²) in [4.78, 5) is 25.7. The average molecular weight is 277 g/mol. The summed E-state index contributed by atoms with van der Waals surface area (Å²) in [7, 11) is 0. The minimum absolute atomic E-state index is 0.0835. The van der Waals surface area contributed by atoms with Crippen LogP contribution >= 0.6 is 0 Å². The van der Waals surface area contributed by atoms with Crippen LogP contribution in [0.3, 0.4) is 0 Å². The number of nitro groups is 1. The van der Waals surface area contributed by atoms with Crippen molar-refractivity contribution in [1.29, 1.82) is 0 Å². The Kier molecular flexibility index (Phi) is 3.89. The van der Waals surface area contributed by atoms with Crippen LogP contribution in [0.4, 0.5) is 11.6 Å². The average Bonchev–Trinajstić information content (AvgIpc) is 2.86. The molecule has 1 heterocycles. The summed E-state index contributed by atoms with van der Waals surface area (Å²) in [5.41, 5.74) is 0.185. The summed E-state index contributed by atoms with van der Waals surface area (Å²) in [6.45, 7) is 2.19. The minimum atomic E-state index is -0.535. The molecule has 0 unspecified atom stereocenters. The molecule has 104 valence electrons. The molecule has 0 aliphatic heterocycles. The molecule has 0 spiro atoms. The topological polar surface area (TPSA) is 123 Å². The van der Waals surface area contributed by atoms with E-state index in [1.54, 1.807) is 6.92 Å². The molecule has 1 amide bonds. The minimum Gasteiger partial charge on any atom is -0.463 e. The number of anilines is 1. The quantitative estimate of drug-likeness (QED) is 0.628. The number of aromatic nitrogens is 3. The van der Waals surface area contributed by atoms with E-state index in [0.717, 1.165) is 0 Å². The second kappa shape index (κ2) is 5.78. The van der Waals surface area contributed by atoms with E-state index in [9.17, 15) is 14.9 Å². The second-order valence-corrected chi connectivity index (χ2v) is 3.66. The van der Waals surface area contributed by atoms with Crippen molar-refractivity contribution < 1.29 is 14.5 Å². The van der Waals surface area contributed by atoms with Crippen LogP contribution in [0.5, 0.6) is 6.01 Å². The summed E-state index contributed by atoms with van der Waals surface area (Å²) < 4.78 is 5.04. The zero-order valence-electron chi connectivity index (χ0n) is 10.5. The Balaban J connectivity index is 2.05. The number of H-pyrrole nitrogens is 1. The monoisotopic (exact) mass is 277 g/mol. The highest BCUT2D eigenvalue weighted by molar-refractivity contribution is 6.03. The third-order valence-electron chi connectivity index (χ3n) is 2.31. The van der Waals surface area contributed by atoms with E-state index < -0.39 is 10.8 Å². The lowest BCUT2D eigenvalue weighted by Crippen LogP contribution is -2.13. The Hall–Kier alpha value is -2.97. The van der Waals surface area contributed by atoms with Crippen molar-refractivity contribution in [2.75, 3.05) is 11.9 Å². The van der Waals surface area contributed by atoms with Crippen LogP contribution in [0.1, 0.15) is 17.3 Å². The molecule has 20 heavy (non-hydrogen) atoms. The first-order chi connectivity index (χ1) is 9.60. The van der Waals surface area contributed by atoms with E-state index in [1.807, 2.05) is 0 Å². The van der Waals surface area contributed by atoms with Gasteiger partial charge in [0.25, 0.3) is 11.6 Å². The lowest BCUT2D eigenvalue weighted by molar-refractivity contribution is -0.384. The van der Waals surface area contributed by atoms with E-state index in [4.69, 9.17) is 4.74 Å². The standard InChI is InChI=1S/C11H11N5O4/c1-2-20-11-13-10(14-15-11)12-9(17)7-3-5-8(6-4-7)16(18)19/h3-6H,2H2,1H3,(H2,12,13,14,15,17). The van der Waals surface area contributed by atoms with Gasteiger partial charge in [0, 0.05) is 17.7 Å². The Labute approximate surface area is 113 Å². The lowest BCUT2D eigenvalue weighted by Gasteiger charge is -2.00. The molecule has 0 aliphatic carbocycles. The van der Waals surface area contributed by atoms with Gasteiger partial charge in [-0.15, -0.1) is 5.10 Å². The number of hydrogen-bond acceptors (Lipinski definition) is 6. The van der Waals surface area contributed by atoms with E-state index in [-0.39, 0.29) is 23.2 Å². The largest absolute Gasteiger partial charge is 0.463 e. The summed E-state index contributed by atoms with van der Waals surface area (Å²) >= 11 is 0. The summed E-state index contributed by atoms with van der Waals surface area (Å²) in [6.07, 6.45) is 0. The summed E-state index contributed by atoms with van der Waals surface area (Å²) in [5, 5.41) is 19.2. The Morgan fingerprint density at radius 1 is 1.45 bits per heavy atom. The number of carbonyl (C=O) groups is 1. The van der Waals surface area contributed by atoms with Crippen molar-refractivity contribution in [2.24, 2.45) is 0 Å². The Morgan fingerprint density at radius 2 is 2.15 bits per heavy atom. The molecule has 2 aromatic rings. The number of ether oxygens (including phenoxy) is 1. The molecule has 0 saturated heterocycles. The number of nitrogens with one attached hydrogen (secondary N) is 2. The molecule has 0 radical (unpaired) electrons. The number of amides is 1. The van der Waals surface area contributed by atoms with Gasteiger partial charge in [-0.05, 0) is 19.1 Å². The maximum atomic E-state index is 11.9. The molecular weight excluding hydrogens is 266 g/mol. The molecule has 0 bridgehead atoms. The van der Waals surface area contributed by atoms with Crippen molar-refractivity contribution in [3.8, 4) is 6.01 Å². The molecule has 0 aliphatic rings. The fourth-order valence-electron chi connectivity index (χ4n) is 1.41. The van der Waals surface area contributed by atoms with Crippen LogP contribution in [0.15, 0.2) is 24.3 Å². The normalized spacial score (nSPS) is 10.1. The van der Waals surface area contributed by atoms with Crippen LogP contribution in [-0.2, 0) is 0 Å². The zero-order valence-corrected chi connectivity index (χ0v) is 10.5. The van der Waals surface area contributed by atoms with Crippen molar-refractivity contribution in [2.45, 2.75) is 6.92 Å². The van der Waals surface area contributed by atoms with Gasteiger partial charge in [0.1, 0.15) is 0 Å². The van der Waals surface area contributed by atoms with Crippen LogP contribution in [-0.4, -0.2) is 32.6 Å². The highest BCUT2D eigenvalue weighted by atomic mass is 16.6. The first-order valence-electron chi connectivity index (χ1n) is 5.71. The van der Waals surface area contributed by atoms with Gasteiger partial charge < -0.3 is 4.74 Å². The Morgan fingerprint density at radius 3 is 2.75 bits per heavy atom. The fourth-order valence-corrected chi connectivity index (χ4v) is 1.41. The molecular formula is C11H11N5O4. The predicted molar refractivity (Wildman–Crippen MR) is 68.6 cm³/mol. The molecule has 0 saturated carbocycles. The maximum Gasteiger partial charge on any atom is 0.337 e.